The molecule has 1 unspecified atom stereocenters. The molecule has 0 radical (unpaired) electrons. The van der Waals surface area contributed by atoms with E-state index in [9.17, 15) is 0 Å². The molecule has 4 heteroatoms. The van der Waals surface area contributed by atoms with Crippen molar-refractivity contribution in [2.75, 3.05) is 6.54 Å². The minimum atomic E-state index is 0.101. The van der Waals surface area contributed by atoms with Gasteiger partial charge in [-0.2, -0.15) is 0 Å². The molecule has 0 spiro atoms. The second-order valence-corrected chi connectivity index (χ2v) is 6.17. The van der Waals surface area contributed by atoms with Crippen LogP contribution in [0.5, 0.6) is 0 Å². The van der Waals surface area contributed by atoms with Gasteiger partial charge in [0.1, 0.15) is 5.76 Å². The van der Waals surface area contributed by atoms with Crippen molar-refractivity contribution in [1.29, 1.82) is 0 Å². The predicted molar refractivity (Wildman–Crippen MR) is 85.7 cm³/mol. The van der Waals surface area contributed by atoms with Gasteiger partial charge in [-0.15, -0.1) is 0 Å². The minimum absolute atomic E-state index is 0.101. The topological polar surface area (TPSA) is 25.2 Å². The molecule has 1 heterocycles. The van der Waals surface area contributed by atoms with E-state index in [2.05, 4.69) is 69.0 Å². The summed E-state index contributed by atoms with van der Waals surface area (Å²) < 4.78 is 7.88. The molecule has 2 rings (SSSR count). The number of furan rings is 1. The van der Waals surface area contributed by atoms with E-state index in [1.807, 2.05) is 12.1 Å². The first kappa shape index (κ1) is 14.1. The average Bonchev–Trinajstić information content (AvgIpc) is 2.88. The zero-order chi connectivity index (χ0) is 13.0. The molecular formula is C14H15BrINO. The molecule has 0 aliphatic carbocycles. The number of benzene rings is 1. The Morgan fingerprint density at radius 2 is 2.22 bits per heavy atom. The molecular weight excluding hydrogens is 405 g/mol. The number of halogens is 2. The van der Waals surface area contributed by atoms with Crippen LogP contribution in [0.1, 0.15) is 30.7 Å². The molecule has 0 fully saturated rings. The molecule has 1 aromatic carbocycles. The Morgan fingerprint density at radius 1 is 1.39 bits per heavy atom. The summed E-state index contributed by atoms with van der Waals surface area (Å²) in [7, 11) is 0. The van der Waals surface area contributed by atoms with Gasteiger partial charge < -0.3 is 9.73 Å². The van der Waals surface area contributed by atoms with Crippen LogP contribution >= 0.6 is 38.5 Å². The highest BCUT2D eigenvalue weighted by molar-refractivity contribution is 14.1. The molecule has 96 valence electrons. The van der Waals surface area contributed by atoms with Crippen LogP contribution in [0, 0.1) is 3.57 Å². The van der Waals surface area contributed by atoms with Crippen molar-refractivity contribution >= 4 is 38.5 Å². The maximum Gasteiger partial charge on any atom is 0.125 e. The van der Waals surface area contributed by atoms with E-state index >= 15 is 0 Å². The third-order valence-corrected chi connectivity index (χ3v) is 4.09. The van der Waals surface area contributed by atoms with Crippen LogP contribution in [-0.2, 0) is 0 Å². The predicted octanol–water partition coefficient (Wildman–Crippen LogP) is 4.74. The highest BCUT2D eigenvalue weighted by Crippen LogP contribution is 2.30. The zero-order valence-corrected chi connectivity index (χ0v) is 13.9. The van der Waals surface area contributed by atoms with Crippen LogP contribution in [0.25, 0.3) is 0 Å². The minimum Gasteiger partial charge on any atom is -0.467 e. The molecule has 2 aromatic rings. The molecule has 1 aromatic heterocycles. The fourth-order valence-electron chi connectivity index (χ4n) is 1.84. The van der Waals surface area contributed by atoms with Crippen molar-refractivity contribution in [1.82, 2.24) is 5.32 Å². The Labute approximate surface area is 129 Å². The number of hydrogen-bond acceptors (Lipinski definition) is 2. The van der Waals surface area contributed by atoms with E-state index in [4.69, 9.17) is 4.42 Å². The van der Waals surface area contributed by atoms with Gasteiger partial charge in [0.15, 0.2) is 0 Å². The van der Waals surface area contributed by atoms with E-state index in [0.717, 1.165) is 23.2 Å². The Bertz CT molecular complexity index is 499. The largest absolute Gasteiger partial charge is 0.467 e. The van der Waals surface area contributed by atoms with E-state index in [1.165, 1.54) is 9.13 Å². The zero-order valence-electron chi connectivity index (χ0n) is 10.1. The summed E-state index contributed by atoms with van der Waals surface area (Å²) in [4.78, 5) is 0. The smallest absolute Gasteiger partial charge is 0.125 e. The van der Waals surface area contributed by atoms with Gasteiger partial charge >= 0.3 is 0 Å². The monoisotopic (exact) mass is 419 g/mol. The molecule has 0 saturated heterocycles. The lowest BCUT2D eigenvalue weighted by molar-refractivity contribution is 0.446. The summed E-state index contributed by atoms with van der Waals surface area (Å²) in [6.45, 7) is 3.12. The maximum absolute atomic E-state index is 5.56. The summed E-state index contributed by atoms with van der Waals surface area (Å²) in [5.41, 5.74) is 1.21. The Kier molecular flexibility index (Phi) is 5.26. The first-order chi connectivity index (χ1) is 8.72. The molecule has 0 aliphatic heterocycles. The molecule has 1 N–H and O–H groups in total. The van der Waals surface area contributed by atoms with Crippen molar-refractivity contribution in [2.24, 2.45) is 0 Å². The van der Waals surface area contributed by atoms with Gasteiger partial charge in [0.25, 0.3) is 0 Å². The highest BCUT2D eigenvalue weighted by Gasteiger charge is 2.18. The van der Waals surface area contributed by atoms with E-state index in [1.54, 1.807) is 6.26 Å². The van der Waals surface area contributed by atoms with Gasteiger partial charge in [0, 0.05) is 8.04 Å². The molecule has 0 aliphatic rings. The highest BCUT2D eigenvalue weighted by atomic mass is 127. The van der Waals surface area contributed by atoms with Crippen LogP contribution in [-0.4, -0.2) is 6.54 Å². The van der Waals surface area contributed by atoms with Gasteiger partial charge in [-0.25, -0.2) is 0 Å². The molecule has 0 amide bonds. The van der Waals surface area contributed by atoms with Gasteiger partial charge in [-0.1, -0.05) is 22.9 Å². The fourth-order valence-corrected chi connectivity index (χ4v) is 2.83. The first-order valence-corrected chi connectivity index (χ1v) is 7.81. The number of hydrogen-bond donors (Lipinski definition) is 1. The van der Waals surface area contributed by atoms with Crippen LogP contribution in [0.2, 0.25) is 0 Å². The van der Waals surface area contributed by atoms with E-state index in [-0.39, 0.29) is 6.04 Å². The Hall–Kier alpha value is -0.330. The summed E-state index contributed by atoms with van der Waals surface area (Å²) in [6.07, 6.45) is 2.82. The van der Waals surface area contributed by atoms with Crippen LogP contribution in [0.3, 0.4) is 0 Å². The fraction of sp³-hybridized carbons (Fsp3) is 0.286. The average molecular weight is 420 g/mol. The lowest BCUT2D eigenvalue weighted by Gasteiger charge is -2.18. The first-order valence-electron chi connectivity index (χ1n) is 5.94. The van der Waals surface area contributed by atoms with Crippen LogP contribution < -0.4 is 5.32 Å². The van der Waals surface area contributed by atoms with Gasteiger partial charge in [0.2, 0.25) is 0 Å². The second kappa shape index (κ2) is 6.73. The van der Waals surface area contributed by atoms with Gasteiger partial charge in [-0.05, 0) is 71.5 Å². The van der Waals surface area contributed by atoms with E-state index in [0.29, 0.717) is 0 Å². The lowest BCUT2D eigenvalue weighted by Crippen LogP contribution is -2.23. The molecule has 2 nitrogen and oxygen atoms in total. The van der Waals surface area contributed by atoms with Crippen LogP contribution in [0.15, 0.2) is 45.5 Å². The summed E-state index contributed by atoms with van der Waals surface area (Å²) in [5, 5.41) is 3.53. The lowest BCUT2D eigenvalue weighted by atomic mass is 10.0. The number of rotatable bonds is 5. The maximum atomic E-state index is 5.56. The third kappa shape index (κ3) is 3.36. The van der Waals surface area contributed by atoms with Crippen molar-refractivity contribution in [2.45, 2.75) is 19.4 Å². The Morgan fingerprint density at radius 3 is 2.89 bits per heavy atom. The van der Waals surface area contributed by atoms with Crippen molar-refractivity contribution in [3.05, 3.63) is 56.0 Å². The van der Waals surface area contributed by atoms with E-state index < -0.39 is 0 Å². The number of nitrogens with one attached hydrogen (secondary N) is 1. The second-order valence-electron chi connectivity index (χ2n) is 4.07. The van der Waals surface area contributed by atoms with Crippen LogP contribution in [0.4, 0.5) is 0 Å². The molecule has 0 saturated carbocycles. The summed E-state index contributed by atoms with van der Waals surface area (Å²) in [6, 6.07) is 10.4. The molecule has 18 heavy (non-hydrogen) atoms. The molecule has 0 bridgehead atoms. The quantitative estimate of drug-likeness (QED) is 0.708. The van der Waals surface area contributed by atoms with Crippen molar-refractivity contribution < 1.29 is 4.42 Å². The summed E-state index contributed by atoms with van der Waals surface area (Å²) in [5.74, 6) is 0.950. The van der Waals surface area contributed by atoms with Crippen molar-refractivity contribution in [3.8, 4) is 0 Å². The van der Waals surface area contributed by atoms with Crippen molar-refractivity contribution in [3.63, 3.8) is 0 Å². The normalized spacial score (nSPS) is 12.6. The SMILES string of the molecule is CCCNC(c1ccco1)c1cc(I)ccc1Br. The molecule has 1 atom stereocenters. The van der Waals surface area contributed by atoms with Gasteiger partial charge in [0.05, 0.1) is 12.3 Å². The van der Waals surface area contributed by atoms with Gasteiger partial charge in [-0.3, -0.25) is 0 Å². The third-order valence-electron chi connectivity index (χ3n) is 2.70. The Balaban J connectivity index is 2.36. The summed E-state index contributed by atoms with van der Waals surface area (Å²) >= 11 is 5.96. The standard InChI is InChI=1S/C14H15BrINO/c1-2-7-17-14(13-4-3-8-18-13)11-9-10(16)5-6-12(11)15/h3-6,8-9,14,17H,2,7H2,1H3.